The third-order valence-corrected chi connectivity index (χ3v) is 6.04. The van der Waals surface area contributed by atoms with Crippen LogP contribution in [0.4, 0.5) is 5.69 Å². The molecule has 1 aromatic heterocycles. The van der Waals surface area contributed by atoms with Gasteiger partial charge in [-0.1, -0.05) is 43.3 Å². The van der Waals surface area contributed by atoms with E-state index in [1.807, 2.05) is 48.7 Å². The number of hydrogen-bond donors (Lipinski definition) is 1. The van der Waals surface area contributed by atoms with Crippen LogP contribution in [0.25, 0.3) is 0 Å². The van der Waals surface area contributed by atoms with Gasteiger partial charge in [-0.25, -0.2) is 0 Å². The first-order valence-corrected chi connectivity index (χ1v) is 12.1. The van der Waals surface area contributed by atoms with Crippen LogP contribution in [0.1, 0.15) is 38.3 Å². The topological polar surface area (TPSA) is 78.3 Å². The van der Waals surface area contributed by atoms with Gasteiger partial charge in [-0.15, -0.1) is 10.2 Å². The lowest BCUT2D eigenvalue weighted by molar-refractivity contribution is -0.113. The zero-order valence-corrected chi connectivity index (χ0v) is 21.0. The van der Waals surface area contributed by atoms with Crippen molar-refractivity contribution in [2.45, 2.75) is 45.5 Å². The molecule has 1 heterocycles. The molecule has 33 heavy (non-hydrogen) atoms. The lowest BCUT2D eigenvalue weighted by Crippen LogP contribution is -2.17. The van der Waals surface area contributed by atoms with Crippen LogP contribution in [0.2, 0.25) is 5.02 Å². The van der Waals surface area contributed by atoms with Crippen molar-refractivity contribution in [2.24, 2.45) is 5.92 Å². The number of ether oxygens (including phenoxy) is 2. The molecule has 2 aromatic carbocycles. The third-order valence-electron chi connectivity index (χ3n) is 4.84. The highest BCUT2D eigenvalue weighted by atomic mass is 35.5. The number of nitrogens with one attached hydrogen (secondary N) is 1. The van der Waals surface area contributed by atoms with E-state index in [0.29, 0.717) is 33.4 Å². The molecule has 1 amide bonds. The maximum absolute atomic E-state index is 12.5. The van der Waals surface area contributed by atoms with Gasteiger partial charge in [0, 0.05) is 17.3 Å². The number of amides is 1. The van der Waals surface area contributed by atoms with Gasteiger partial charge in [-0.2, -0.15) is 0 Å². The van der Waals surface area contributed by atoms with Gasteiger partial charge in [0.25, 0.3) is 0 Å². The molecule has 1 N–H and O–H groups in total. The number of carbonyl (C=O) groups is 1. The quantitative estimate of drug-likeness (QED) is 0.365. The van der Waals surface area contributed by atoms with Gasteiger partial charge in [0.1, 0.15) is 11.5 Å². The van der Waals surface area contributed by atoms with E-state index in [1.165, 1.54) is 11.8 Å². The van der Waals surface area contributed by atoms with Crippen LogP contribution < -0.4 is 14.8 Å². The molecule has 0 spiro atoms. The fourth-order valence-corrected chi connectivity index (χ4v) is 4.13. The zero-order valence-electron chi connectivity index (χ0n) is 19.5. The Bertz CT molecular complexity index is 1090. The number of anilines is 1. The van der Waals surface area contributed by atoms with Crippen molar-refractivity contribution in [3.8, 4) is 11.5 Å². The van der Waals surface area contributed by atoms with Gasteiger partial charge in [-0.05, 0) is 61.7 Å². The van der Waals surface area contributed by atoms with E-state index in [9.17, 15) is 4.79 Å². The molecule has 1 unspecified atom stereocenters. The van der Waals surface area contributed by atoms with Gasteiger partial charge in [0.2, 0.25) is 5.91 Å². The van der Waals surface area contributed by atoms with E-state index in [2.05, 4.69) is 29.4 Å². The molecule has 3 aromatic rings. The summed E-state index contributed by atoms with van der Waals surface area (Å²) in [5.41, 5.74) is 1.66. The molecule has 0 aliphatic heterocycles. The zero-order chi connectivity index (χ0) is 24.0. The van der Waals surface area contributed by atoms with Gasteiger partial charge < -0.3 is 19.4 Å². The number of thioether (sulfide) groups is 1. The van der Waals surface area contributed by atoms with E-state index in [1.54, 1.807) is 19.2 Å². The number of nitrogens with zero attached hydrogens (tertiary/aromatic N) is 3. The highest BCUT2D eigenvalue weighted by Crippen LogP contribution is 2.27. The summed E-state index contributed by atoms with van der Waals surface area (Å²) >= 11 is 7.40. The Kier molecular flexibility index (Phi) is 8.63. The van der Waals surface area contributed by atoms with Crippen LogP contribution in [0.3, 0.4) is 0 Å². The Morgan fingerprint density at radius 2 is 1.82 bits per heavy atom. The van der Waals surface area contributed by atoms with Gasteiger partial charge in [-0.3, -0.25) is 4.79 Å². The number of aromatic nitrogens is 3. The third kappa shape index (κ3) is 6.88. The van der Waals surface area contributed by atoms with Crippen molar-refractivity contribution in [3.63, 3.8) is 0 Å². The second kappa shape index (κ2) is 11.4. The predicted molar refractivity (Wildman–Crippen MR) is 132 cm³/mol. The normalized spacial score (nSPS) is 12.0. The lowest BCUT2D eigenvalue weighted by Gasteiger charge is -2.18. The number of aryl methyl sites for hydroxylation is 1. The SMILES string of the molecule is COc1ccc(OC(C)c2nnc(SCC(=O)Nc3cc(Cl)ccc3C)n2CC(C)C)cc1. The first kappa shape index (κ1) is 24.9. The van der Waals surface area contributed by atoms with Crippen LogP contribution in [-0.4, -0.2) is 33.5 Å². The average Bonchev–Trinajstić information content (AvgIpc) is 3.17. The number of benzene rings is 2. The van der Waals surface area contributed by atoms with Gasteiger partial charge in [0.15, 0.2) is 17.1 Å². The van der Waals surface area contributed by atoms with Crippen molar-refractivity contribution >= 4 is 35.0 Å². The summed E-state index contributed by atoms with van der Waals surface area (Å²) < 4.78 is 13.3. The Hall–Kier alpha value is -2.71. The predicted octanol–water partition coefficient (Wildman–Crippen LogP) is 5.78. The minimum atomic E-state index is -0.318. The van der Waals surface area contributed by atoms with Crippen LogP contribution in [0, 0.1) is 12.8 Å². The molecule has 0 aliphatic rings. The minimum Gasteiger partial charge on any atom is -0.497 e. The van der Waals surface area contributed by atoms with Gasteiger partial charge >= 0.3 is 0 Å². The largest absolute Gasteiger partial charge is 0.497 e. The van der Waals surface area contributed by atoms with E-state index in [4.69, 9.17) is 21.1 Å². The summed E-state index contributed by atoms with van der Waals surface area (Å²) in [6, 6.07) is 12.8. The summed E-state index contributed by atoms with van der Waals surface area (Å²) in [4.78, 5) is 12.5. The molecule has 1 atom stereocenters. The number of carbonyl (C=O) groups excluding carboxylic acids is 1. The fraction of sp³-hybridized carbons (Fsp3) is 0.375. The molecule has 3 rings (SSSR count). The van der Waals surface area contributed by atoms with Crippen molar-refractivity contribution in [1.82, 2.24) is 14.8 Å². The maximum Gasteiger partial charge on any atom is 0.234 e. The lowest BCUT2D eigenvalue weighted by atomic mass is 10.2. The van der Waals surface area contributed by atoms with E-state index in [-0.39, 0.29) is 17.8 Å². The maximum atomic E-state index is 12.5. The molecule has 0 saturated carbocycles. The van der Waals surface area contributed by atoms with Crippen LogP contribution in [-0.2, 0) is 11.3 Å². The standard InChI is InChI=1S/C24H29ClN4O3S/c1-15(2)13-29-23(17(4)32-20-10-8-19(31-5)9-11-20)27-28-24(29)33-14-22(30)26-21-12-18(25)7-6-16(21)3/h6-12,15,17H,13-14H2,1-5H3,(H,26,30). The fourth-order valence-electron chi connectivity index (χ4n) is 3.20. The molecular formula is C24H29ClN4O3S. The van der Waals surface area contributed by atoms with Crippen LogP contribution >= 0.6 is 23.4 Å². The summed E-state index contributed by atoms with van der Waals surface area (Å²) in [5, 5.41) is 12.9. The smallest absolute Gasteiger partial charge is 0.234 e. The second-order valence-corrected chi connectivity index (χ2v) is 9.46. The van der Waals surface area contributed by atoms with Crippen LogP contribution in [0.15, 0.2) is 47.6 Å². The highest BCUT2D eigenvalue weighted by Gasteiger charge is 2.21. The Morgan fingerprint density at radius 3 is 2.48 bits per heavy atom. The summed E-state index contributed by atoms with van der Waals surface area (Å²) in [7, 11) is 1.63. The summed E-state index contributed by atoms with van der Waals surface area (Å²) in [6.07, 6.45) is -0.318. The number of methoxy groups -OCH3 is 1. The Labute approximate surface area is 203 Å². The summed E-state index contributed by atoms with van der Waals surface area (Å²) in [5.74, 6) is 2.64. The molecule has 0 bridgehead atoms. The Morgan fingerprint density at radius 1 is 1.12 bits per heavy atom. The summed E-state index contributed by atoms with van der Waals surface area (Å²) in [6.45, 7) is 8.84. The first-order valence-electron chi connectivity index (χ1n) is 10.7. The molecule has 0 radical (unpaired) electrons. The number of halogens is 1. The molecule has 0 fully saturated rings. The van der Waals surface area contributed by atoms with E-state index in [0.717, 1.165) is 17.9 Å². The molecule has 0 saturated heterocycles. The number of hydrogen-bond acceptors (Lipinski definition) is 6. The van der Waals surface area contributed by atoms with Gasteiger partial charge in [0.05, 0.1) is 12.9 Å². The Balaban J connectivity index is 1.70. The van der Waals surface area contributed by atoms with Crippen molar-refractivity contribution in [2.75, 3.05) is 18.2 Å². The minimum absolute atomic E-state index is 0.131. The second-order valence-electron chi connectivity index (χ2n) is 8.08. The molecule has 9 heteroatoms. The number of rotatable bonds is 10. The van der Waals surface area contributed by atoms with Crippen molar-refractivity contribution < 1.29 is 14.3 Å². The molecular weight excluding hydrogens is 460 g/mol. The highest BCUT2D eigenvalue weighted by molar-refractivity contribution is 7.99. The molecule has 7 nitrogen and oxygen atoms in total. The molecule has 0 aliphatic carbocycles. The van der Waals surface area contributed by atoms with Crippen molar-refractivity contribution in [1.29, 1.82) is 0 Å². The van der Waals surface area contributed by atoms with E-state index >= 15 is 0 Å². The first-order chi connectivity index (χ1) is 15.8. The molecule has 176 valence electrons. The van der Waals surface area contributed by atoms with Crippen LogP contribution in [0.5, 0.6) is 11.5 Å². The monoisotopic (exact) mass is 488 g/mol. The average molecular weight is 489 g/mol. The van der Waals surface area contributed by atoms with E-state index < -0.39 is 0 Å². The van der Waals surface area contributed by atoms with Crippen molar-refractivity contribution in [3.05, 3.63) is 58.9 Å².